The van der Waals surface area contributed by atoms with E-state index >= 15 is 0 Å². The molecular formula is C13H13N2. The highest BCUT2D eigenvalue weighted by Gasteiger charge is 1.94. The van der Waals surface area contributed by atoms with E-state index in [1.165, 1.54) is 5.56 Å². The molecule has 15 heavy (non-hydrogen) atoms. The van der Waals surface area contributed by atoms with Crippen molar-refractivity contribution < 1.29 is 0 Å². The van der Waals surface area contributed by atoms with Gasteiger partial charge >= 0.3 is 0 Å². The highest BCUT2D eigenvalue weighted by Crippen LogP contribution is 1.99. The molecule has 0 fully saturated rings. The van der Waals surface area contributed by atoms with Gasteiger partial charge in [-0.3, -0.25) is 4.98 Å². The quantitative estimate of drug-likeness (QED) is 0.739. The third-order valence-corrected chi connectivity index (χ3v) is 2.14. The lowest BCUT2D eigenvalue weighted by Gasteiger charge is -2.01. The molecule has 0 saturated carbocycles. The normalized spacial score (nSPS) is 10.1. The zero-order chi connectivity index (χ0) is 10.3. The standard InChI is InChI=1S/C13H13N2/c1-2-6-12(7-3-1)10-14-11-13-8-4-5-9-15-13/h1-9H,10-11H2. The van der Waals surface area contributed by atoms with Crippen LogP contribution in [0.5, 0.6) is 0 Å². The lowest BCUT2D eigenvalue weighted by atomic mass is 10.2. The van der Waals surface area contributed by atoms with Crippen molar-refractivity contribution in [2.24, 2.45) is 0 Å². The van der Waals surface area contributed by atoms with Gasteiger partial charge in [-0.1, -0.05) is 36.4 Å². The average Bonchev–Trinajstić information content (AvgIpc) is 2.32. The summed E-state index contributed by atoms with van der Waals surface area (Å²) in [6.45, 7) is 1.45. The van der Waals surface area contributed by atoms with Gasteiger partial charge in [-0.05, 0) is 17.7 Å². The highest BCUT2D eigenvalue weighted by molar-refractivity contribution is 5.14. The van der Waals surface area contributed by atoms with Crippen LogP contribution in [-0.2, 0) is 13.1 Å². The van der Waals surface area contributed by atoms with Gasteiger partial charge in [0.15, 0.2) is 0 Å². The van der Waals surface area contributed by atoms with E-state index in [1.807, 2.05) is 36.4 Å². The Morgan fingerprint density at radius 2 is 1.67 bits per heavy atom. The molecule has 0 aliphatic heterocycles. The summed E-state index contributed by atoms with van der Waals surface area (Å²) < 4.78 is 0. The molecule has 0 aliphatic rings. The fourth-order valence-corrected chi connectivity index (χ4v) is 1.37. The van der Waals surface area contributed by atoms with Gasteiger partial charge in [0.05, 0.1) is 12.2 Å². The molecule has 0 unspecified atom stereocenters. The zero-order valence-electron chi connectivity index (χ0n) is 8.50. The van der Waals surface area contributed by atoms with E-state index in [0.29, 0.717) is 6.54 Å². The van der Waals surface area contributed by atoms with Crippen molar-refractivity contribution in [3.8, 4) is 0 Å². The lowest BCUT2D eigenvalue weighted by molar-refractivity contribution is 0.664. The topological polar surface area (TPSA) is 27.0 Å². The van der Waals surface area contributed by atoms with Crippen molar-refractivity contribution in [2.45, 2.75) is 13.1 Å². The lowest BCUT2D eigenvalue weighted by Crippen LogP contribution is -2.05. The van der Waals surface area contributed by atoms with Crippen molar-refractivity contribution in [3.05, 3.63) is 66.0 Å². The predicted octanol–water partition coefficient (Wildman–Crippen LogP) is 2.39. The monoisotopic (exact) mass is 197 g/mol. The molecular weight excluding hydrogens is 184 g/mol. The van der Waals surface area contributed by atoms with Gasteiger partial charge in [-0.2, -0.15) is 0 Å². The summed E-state index contributed by atoms with van der Waals surface area (Å²) >= 11 is 0. The van der Waals surface area contributed by atoms with Crippen molar-refractivity contribution in [3.63, 3.8) is 0 Å². The van der Waals surface area contributed by atoms with Gasteiger partial charge in [-0.25, -0.2) is 5.32 Å². The first-order valence-electron chi connectivity index (χ1n) is 5.02. The van der Waals surface area contributed by atoms with Crippen LogP contribution < -0.4 is 5.32 Å². The van der Waals surface area contributed by atoms with Crippen LogP contribution in [0.2, 0.25) is 0 Å². The Kier molecular flexibility index (Phi) is 3.47. The third kappa shape index (κ3) is 3.18. The van der Waals surface area contributed by atoms with Gasteiger partial charge in [0.2, 0.25) is 0 Å². The summed E-state index contributed by atoms with van der Waals surface area (Å²) in [5, 5.41) is 4.45. The van der Waals surface area contributed by atoms with Gasteiger partial charge < -0.3 is 0 Å². The second-order valence-electron chi connectivity index (χ2n) is 3.35. The summed E-state index contributed by atoms with van der Waals surface area (Å²) in [7, 11) is 0. The number of hydrogen-bond acceptors (Lipinski definition) is 1. The molecule has 0 bridgehead atoms. The SMILES string of the molecule is c1ccc(C[N]Cc2ccccn2)cc1. The van der Waals surface area contributed by atoms with Crippen LogP contribution in [0, 0.1) is 0 Å². The minimum Gasteiger partial charge on any atom is -0.260 e. The van der Waals surface area contributed by atoms with Gasteiger partial charge in [0.1, 0.15) is 0 Å². The van der Waals surface area contributed by atoms with E-state index in [2.05, 4.69) is 22.4 Å². The smallest absolute Gasteiger partial charge is 0.0561 e. The maximum Gasteiger partial charge on any atom is 0.0561 e. The average molecular weight is 197 g/mol. The predicted molar refractivity (Wildman–Crippen MR) is 60.2 cm³/mol. The minimum atomic E-state index is 0.690. The number of benzene rings is 1. The Labute approximate surface area is 90.0 Å². The molecule has 1 radical (unpaired) electrons. The fourth-order valence-electron chi connectivity index (χ4n) is 1.37. The number of nitrogens with zero attached hydrogens (tertiary/aromatic N) is 2. The van der Waals surface area contributed by atoms with Crippen molar-refractivity contribution in [2.75, 3.05) is 0 Å². The second-order valence-corrected chi connectivity index (χ2v) is 3.35. The zero-order valence-corrected chi connectivity index (χ0v) is 8.50. The Morgan fingerprint density at radius 1 is 0.867 bits per heavy atom. The number of aromatic nitrogens is 1. The molecule has 1 heterocycles. The molecule has 2 nitrogen and oxygen atoms in total. The number of rotatable bonds is 4. The molecule has 0 aliphatic carbocycles. The molecule has 2 heteroatoms. The first-order valence-corrected chi connectivity index (χ1v) is 5.02. The van der Waals surface area contributed by atoms with E-state index in [4.69, 9.17) is 0 Å². The summed E-state index contributed by atoms with van der Waals surface area (Å²) in [4.78, 5) is 4.22. The Morgan fingerprint density at radius 3 is 2.40 bits per heavy atom. The van der Waals surface area contributed by atoms with E-state index in [0.717, 1.165) is 12.2 Å². The largest absolute Gasteiger partial charge is 0.260 e. The van der Waals surface area contributed by atoms with Crippen LogP contribution in [0.15, 0.2) is 54.7 Å². The Hall–Kier alpha value is -1.67. The molecule has 0 N–H and O–H groups in total. The van der Waals surface area contributed by atoms with Crippen molar-refractivity contribution >= 4 is 0 Å². The van der Waals surface area contributed by atoms with Crippen molar-refractivity contribution in [1.29, 1.82) is 0 Å². The van der Waals surface area contributed by atoms with E-state index in [1.54, 1.807) is 6.20 Å². The van der Waals surface area contributed by atoms with Crippen LogP contribution in [0.3, 0.4) is 0 Å². The maximum absolute atomic E-state index is 4.45. The molecule has 2 aromatic rings. The molecule has 0 amide bonds. The van der Waals surface area contributed by atoms with E-state index in [-0.39, 0.29) is 0 Å². The van der Waals surface area contributed by atoms with Crippen molar-refractivity contribution in [1.82, 2.24) is 10.3 Å². The van der Waals surface area contributed by atoms with Crippen LogP contribution in [-0.4, -0.2) is 4.98 Å². The minimum absolute atomic E-state index is 0.690. The first-order chi connectivity index (χ1) is 7.45. The first kappa shape index (κ1) is 9.87. The maximum atomic E-state index is 4.45. The van der Waals surface area contributed by atoms with Crippen LogP contribution in [0.25, 0.3) is 0 Å². The molecule has 2 rings (SSSR count). The van der Waals surface area contributed by atoms with Gasteiger partial charge in [-0.15, -0.1) is 0 Å². The molecule has 75 valence electrons. The van der Waals surface area contributed by atoms with Crippen LogP contribution in [0.1, 0.15) is 11.3 Å². The molecule has 1 aromatic carbocycles. The summed E-state index contributed by atoms with van der Waals surface area (Å²) in [5.41, 5.74) is 2.27. The second kappa shape index (κ2) is 5.27. The highest BCUT2D eigenvalue weighted by atomic mass is 14.9. The summed E-state index contributed by atoms with van der Waals surface area (Å²) in [6, 6.07) is 16.2. The molecule has 0 atom stereocenters. The van der Waals surface area contributed by atoms with E-state index in [9.17, 15) is 0 Å². The number of hydrogen-bond donors (Lipinski definition) is 0. The molecule has 0 saturated heterocycles. The Bertz CT molecular complexity index is 344. The van der Waals surface area contributed by atoms with Crippen LogP contribution >= 0.6 is 0 Å². The summed E-state index contributed by atoms with van der Waals surface area (Å²) in [5.74, 6) is 0. The fraction of sp³-hybridized carbons (Fsp3) is 0.154. The Balaban J connectivity index is 1.81. The van der Waals surface area contributed by atoms with E-state index < -0.39 is 0 Å². The van der Waals surface area contributed by atoms with Gasteiger partial charge in [0, 0.05) is 12.7 Å². The summed E-state index contributed by atoms with van der Waals surface area (Å²) in [6.07, 6.45) is 1.80. The molecule has 0 spiro atoms. The van der Waals surface area contributed by atoms with Crippen LogP contribution in [0.4, 0.5) is 0 Å². The number of pyridine rings is 1. The van der Waals surface area contributed by atoms with Gasteiger partial charge in [0.25, 0.3) is 0 Å². The third-order valence-electron chi connectivity index (χ3n) is 2.14. The molecule has 1 aromatic heterocycles.